The first-order valence-corrected chi connectivity index (χ1v) is 9.86. The normalized spacial score (nSPS) is 16.5. The molecule has 4 nitrogen and oxygen atoms in total. The highest BCUT2D eigenvalue weighted by atomic mass is 35.5. The average molecular weight is 370 g/mol. The van der Waals surface area contributed by atoms with E-state index in [1.807, 2.05) is 30.9 Å². The van der Waals surface area contributed by atoms with E-state index in [9.17, 15) is 0 Å². The van der Waals surface area contributed by atoms with Crippen molar-refractivity contribution < 1.29 is 4.74 Å². The molecular weight excluding hydrogens is 342 g/mol. The molecule has 0 atom stereocenters. The second kappa shape index (κ2) is 10.2. The lowest BCUT2D eigenvalue weighted by molar-refractivity contribution is 0.0733. The molecule has 134 valence electrons. The fourth-order valence-electron chi connectivity index (χ4n) is 2.87. The van der Waals surface area contributed by atoms with Gasteiger partial charge < -0.3 is 15.4 Å². The van der Waals surface area contributed by atoms with Crippen molar-refractivity contribution in [2.75, 3.05) is 39.6 Å². The summed E-state index contributed by atoms with van der Waals surface area (Å²) >= 11 is 7.71. The van der Waals surface area contributed by atoms with Crippen molar-refractivity contribution in [1.29, 1.82) is 0 Å². The fourth-order valence-corrected chi connectivity index (χ4v) is 3.77. The van der Waals surface area contributed by atoms with Gasteiger partial charge in [0.05, 0.1) is 0 Å². The molecule has 1 aliphatic carbocycles. The zero-order chi connectivity index (χ0) is 17.3. The van der Waals surface area contributed by atoms with Crippen molar-refractivity contribution in [2.45, 2.75) is 30.6 Å². The molecule has 0 bridgehead atoms. The summed E-state index contributed by atoms with van der Waals surface area (Å²) in [6.45, 7) is 2.68. The Kier molecular flexibility index (Phi) is 8.22. The summed E-state index contributed by atoms with van der Waals surface area (Å²) in [6.07, 6.45) is 5.02. The third-order valence-corrected chi connectivity index (χ3v) is 5.85. The molecule has 1 aromatic rings. The van der Waals surface area contributed by atoms with Gasteiger partial charge in [0.15, 0.2) is 5.96 Å². The number of rotatable bonds is 9. The first-order valence-electron chi connectivity index (χ1n) is 8.49. The first kappa shape index (κ1) is 19.4. The van der Waals surface area contributed by atoms with Crippen LogP contribution in [-0.2, 0) is 4.74 Å². The molecule has 2 rings (SSSR count). The summed E-state index contributed by atoms with van der Waals surface area (Å²) in [7, 11) is 3.60. The van der Waals surface area contributed by atoms with E-state index >= 15 is 0 Å². The van der Waals surface area contributed by atoms with Gasteiger partial charge in [-0.1, -0.05) is 18.0 Å². The van der Waals surface area contributed by atoms with Crippen LogP contribution in [-0.4, -0.2) is 45.6 Å². The van der Waals surface area contributed by atoms with Crippen LogP contribution in [0.1, 0.15) is 25.7 Å². The quantitative estimate of drug-likeness (QED) is 0.301. The lowest BCUT2D eigenvalue weighted by atomic mass is 9.67. The summed E-state index contributed by atoms with van der Waals surface area (Å²) < 4.78 is 5.25. The first-order chi connectivity index (χ1) is 11.7. The van der Waals surface area contributed by atoms with Gasteiger partial charge in [0.2, 0.25) is 0 Å². The smallest absolute Gasteiger partial charge is 0.191 e. The Hall–Kier alpha value is -0.910. The van der Waals surface area contributed by atoms with Crippen molar-refractivity contribution in [1.82, 2.24) is 10.6 Å². The van der Waals surface area contributed by atoms with Gasteiger partial charge in [0.1, 0.15) is 0 Å². The molecule has 0 unspecified atom stereocenters. The Balaban J connectivity index is 1.66. The molecule has 0 aromatic heterocycles. The second-order valence-electron chi connectivity index (χ2n) is 6.25. The summed E-state index contributed by atoms with van der Waals surface area (Å²) in [5.41, 5.74) is 0.395. The second-order valence-corrected chi connectivity index (χ2v) is 7.86. The number of nitrogens with zero attached hydrogens (tertiary/aromatic N) is 1. The Morgan fingerprint density at radius 1 is 1.29 bits per heavy atom. The van der Waals surface area contributed by atoms with Crippen LogP contribution in [0.15, 0.2) is 34.2 Å². The number of hydrogen-bond acceptors (Lipinski definition) is 3. The van der Waals surface area contributed by atoms with Crippen LogP contribution in [0.3, 0.4) is 0 Å². The van der Waals surface area contributed by atoms with E-state index in [0.29, 0.717) is 5.41 Å². The van der Waals surface area contributed by atoms with Crippen molar-refractivity contribution in [3.8, 4) is 0 Å². The molecular formula is C18H28ClN3OS. The number of halogens is 1. The van der Waals surface area contributed by atoms with Gasteiger partial charge >= 0.3 is 0 Å². The Morgan fingerprint density at radius 2 is 2.04 bits per heavy atom. The average Bonchev–Trinajstić information content (AvgIpc) is 2.57. The monoisotopic (exact) mass is 369 g/mol. The number of thioether (sulfide) groups is 1. The molecule has 0 saturated heterocycles. The number of ether oxygens (including phenoxy) is 1. The van der Waals surface area contributed by atoms with Crippen molar-refractivity contribution in [3.63, 3.8) is 0 Å². The van der Waals surface area contributed by atoms with E-state index in [-0.39, 0.29) is 0 Å². The highest BCUT2D eigenvalue weighted by Crippen LogP contribution is 2.43. The van der Waals surface area contributed by atoms with Gasteiger partial charge in [-0.3, -0.25) is 4.99 Å². The van der Waals surface area contributed by atoms with Crippen molar-refractivity contribution >= 4 is 29.3 Å². The molecule has 0 spiro atoms. The van der Waals surface area contributed by atoms with Gasteiger partial charge in [0.25, 0.3) is 0 Å². The zero-order valence-corrected chi connectivity index (χ0v) is 16.2. The van der Waals surface area contributed by atoms with E-state index < -0.39 is 0 Å². The molecule has 0 amide bonds. The van der Waals surface area contributed by atoms with E-state index in [2.05, 4.69) is 27.8 Å². The number of guanidine groups is 1. The van der Waals surface area contributed by atoms with Gasteiger partial charge in [-0.15, -0.1) is 11.8 Å². The molecule has 2 N–H and O–H groups in total. The van der Waals surface area contributed by atoms with Crippen LogP contribution < -0.4 is 10.6 Å². The Morgan fingerprint density at radius 3 is 2.62 bits per heavy atom. The van der Waals surface area contributed by atoms with Gasteiger partial charge in [0, 0.05) is 49.5 Å². The summed E-state index contributed by atoms with van der Waals surface area (Å²) in [6, 6.07) is 7.96. The molecule has 1 aliphatic rings. The van der Waals surface area contributed by atoms with Crippen LogP contribution >= 0.6 is 23.4 Å². The fraction of sp³-hybridized carbons (Fsp3) is 0.611. The Labute approximate surface area is 154 Å². The molecule has 6 heteroatoms. The topological polar surface area (TPSA) is 45.7 Å². The molecule has 1 saturated carbocycles. The maximum Gasteiger partial charge on any atom is 0.191 e. The Bertz CT molecular complexity index is 518. The number of aliphatic imine (C=N–C) groups is 1. The van der Waals surface area contributed by atoms with Crippen LogP contribution in [0.4, 0.5) is 0 Å². The van der Waals surface area contributed by atoms with Crippen LogP contribution in [0.5, 0.6) is 0 Å². The minimum Gasteiger partial charge on any atom is -0.385 e. The lowest BCUT2D eigenvalue weighted by Gasteiger charge is -2.42. The predicted molar refractivity (Wildman–Crippen MR) is 104 cm³/mol. The van der Waals surface area contributed by atoms with Crippen molar-refractivity contribution in [3.05, 3.63) is 29.3 Å². The van der Waals surface area contributed by atoms with E-state index in [1.54, 1.807) is 7.11 Å². The van der Waals surface area contributed by atoms with Gasteiger partial charge in [-0.25, -0.2) is 0 Å². The maximum atomic E-state index is 5.90. The SMILES string of the molecule is CN=C(NCCSc1ccc(Cl)cc1)NCC1(CCOC)CCC1. The number of hydrogen-bond donors (Lipinski definition) is 2. The number of benzene rings is 1. The molecule has 0 aliphatic heterocycles. The zero-order valence-electron chi connectivity index (χ0n) is 14.6. The number of methoxy groups -OCH3 is 1. The molecule has 0 radical (unpaired) electrons. The highest BCUT2D eigenvalue weighted by Gasteiger charge is 2.36. The van der Waals surface area contributed by atoms with Crippen molar-refractivity contribution in [2.24, 2.45) is 10.4 Å². The van der Waals surface area contributed by atoms with Crippen LogP contribution in [0.2, 0.25) is 5.02 Å². The summed E-state index contributed by atoms with van der Waals surface area (Å²) in [5, 5.41) is 7.65. The lowest BCUT2D eigenvalue weighted by Crippen LogP contribution is -2.47. The predicted octanol–water partition coefficient (Wildman–Crippen LogP) is 3.80. The maximum absolute atomic E-state index is 5.90. The number of nitrogens with one attached hydrogen (secondary N) is 2. The summed E-state index contributed by atoms with van der Waals surface area (Å²) in [4.78, 5) is 5.56. The standard InChI is InChI=1S/C18H28ClN3OS/c1-20-17(22-14-18(8-3-9-18)10-12-23-2)21-11-13-24-16-6-4-15(19)5-7-16/h4-7H,3,8-14H2,1-2H3,(H2,20,21,22). The third-order valence-electron chi connectivity index (χ3n) is 4.58. The highest BCUT2D eigenvalue weighted by molar-refractivity contribution is 7.99. The van der Waals surface area contributed by atoms with Crippen LogP contribution in [0, 0.1) is 5.41 Å². The van der Waals surface area contributed by atoms with Gasteiger partial charge in [-0.05, 0) is 48.9 Å². The van der Waals surface area contributed by atoms with E-state index in [0.717, 1.165) is 42.9 Å². The molecule has 24 heavy (non-hydrogen) atoms. The minimum atomic E-state index is 0.395. The largest absolute Gasteiger partial charge is 0.385 e. The van der Waals surface area contributed by atoms with E-state index in [1.165, 1.54) is 24.2 Å². The molecule has 1 aromatic carbocycles. The summed E-state index contributed by atoms with van der Waals surface area (Å²) in [5.74, 6) is 1.87. The molecule has 0 heterocycles. The molecule has 1 fully saturated rings. The third kappa shape index (κ3) is 6.19. The van der Waals surface area contributed by atoms with Crippen LogP contribution in [0.25, 0.3) is 0 Å². The van der Waals surface area contributed by atoms with Gasteiger partial charge in [-0.2, -0.15) is 0 Å². The van der Waals surface area contributed by atoms with E-state index in [4.69, 9.17) is 16.3 Å². The minimum absolute atomic E-state index is 0.395.